The van der Waals surface area contributed by atoms with Crippen LogP contribution in [0.1, 0.15) is 16.3 Å². The number of aryl methyl sites for hydroxylation is 3. The maximum atomic E-state index is 13.1. The normalized spacial score (nSPS) is 14.9. The zero-order valence-corrected chi connectivity index (χ0v) is 20.8. The van der Waals surface area contributed by atoms with Crippen molar-refractivity contribution < 1.29 is 0 Å². The predicted octanol–water partition coefficient (Wildman–Crippen LogP) is 3.27. The van der Waals surface area contributed by atoms with Gasteiger partial charge >= 0.3 is 0 Å². The van der Waals surface area contributed by atoms with Gasteiger partial charge in [0.1, 0.15) is 22.8 Å². The Morgan fingerprint density at radius 2 is 1.83 bits per heavy atom. The molecule has 0 unspecified atom stereocenters. The second-order valence-electron chi connectivity index (χ2n) is 9.06. The van der Waals surface area contributed by atoms with Crippen LogP contribution in [0, 0.1) is 13.8 Å². The summed E-state index contributed by atoms with van der Waals surface area (Å²) in [7, 11) is 1.89. The zero-order valence-electron chi connectivity index (χ0n) is 19.9. The Morgan fingerprint density at radius 1 is 1.06 bits per heavy atom. The fourth-order valence-electron chi connectivity index (χ4n) is 4.84. The molecule has 0 amide bonds. The average Bonchev–Trinajstić information content (AvgIpc) is 3.40. The minimum Gasteiger partial charge on any atom is -0.353 e. The van der Waals surface area contributed by atoms with Crippen molar-refractivity contribution >= 4 is 38.4 Å². The summed E-state index contributed by atoms with van der Waals surface area (Å²) in [4.78, 5) is 36.4. The second kappa shape index (κ2) is 8.54. The van der Waals surface area contributed by atoms with Crippen LogP contribution >= 0.6 is 11.3 Å². The van der Waals surface area contributed by atoms with Crippen molar-refractivity contribution in [2.24, 2.45) is 7.05 Å². The van der Waals surface area contributed by atoms with Crippen molar-refractivity contribution in [3.8, 4) is 11.1 Å². The van der Waals surface area contributed by atoms with Crippen LogP contribution in [0.15, 0.2) is 41.6 Å². The standard InChI is InChI=1S/C25H26N8OS/c1-15-4-6-17(7-5-15)20-16(2)35-25-21(20)24(34)29-19(30-25)13-32-8-10-33(11-9-32)23-18-12-28-31(3)22(18)26-14-27-23/h4-7,12,14H,8-11,13H2,1-3H3,(H,29,30,34). The van der Waals surface area contributed by atoms with Gasteiger partial charge in [-0.3, -0.25) is 14.4 Å². The van der Waals surface area contributed by atoms with Crippen LogP contribution in [0.2, 0.25) is 0 Å². The van der Waals surface area contributed by atoms with Crippen LogP contribution < -0.4 is 10.5 Å². The van der Waals surface area contributed by atoms with Crippen molar-refractivity contribution in [2.75, 3.05) is 31.1 Å². The van der Waals surface area contributed by atoms with E-state index in [4.69, 9.17) is 4.98 Å². The number of rotatable bonds is 4. The first-order valence-corrected chi connectivity index (χ1v) is 12.5. The minimum absolute atomic E-state index is 0.0662. The Kier molecular flexibility index (Phi) is 5.34. The molecule has 9 nitrogen and oxygen atoms in total. The van der Waals surface area contributed by atoms with E-state index in [1.807, 2.05) is 13.2 Å². The molecule has 1 N–H and O–H groups in total. The molecule has 1 fully saturated rings. The fraction of sp³-hybridized carbons (Fsp3) is 0.320. The topological polar surface area (TPSA) is 95.8 Å². The molecule has 1 saturated heterocycles. The summed E-state index contributed by atoms with van der Waals surface area (Å²) in [5.74, 6) is 1.64. The first-order valence-electron chi connectivity index (χ1n) is 11.7. The van der Waals surface area contributed by atoms with Gasteiger partial charge in [0.2, 0.25) is 0 Å². The molecule has 0 aliphatic carbocycles. The minimum atomic E-state index is -0.0662. The van der Waals surface area contributed by atoms with E-state index in [0.29, 0.717) is 17.8 Å². The molecule has 0 bridgehead atoms. The summed E-state index contributed by atoms with van der Waals surface area (Å²) in [5, 5.41) is 5.98. The maximum Gasteiger partial charge on any atom is 0.260 e. The van der Waals surface area contributed by atoms with E-state index >= 15 is 0 Å². The summed E-state index contributed by atoms with van der Waals surface area (Å²) in [6.45, 7) is 8.12. The van der Waals surface area contributed by atoms with Gasteiger partial charge < -0.3 is 9.88 Å². The maximum absolute atomic E-state index is 13.1. The van der Waals surface area contributed by atoms with E-state index in [1.165, 1.54) is 5.56 Å². The SMILES string of the molecule is Cc1ccc(-c2c(C)sc3nc(CN4CCN(c5ncnc6c5cnn6C)CC4)[nH]c(=O)c23)cc1. The molecule has 5 heterocycles. The molecule has 0 spiro atoms. The number of piperazine rings is 1. The van der Waals surface area contributed by atoms with Crippen LogP contribution in [0.25, 0.3) is 32.4 Å². The molecule has 4 aromatic heterocycles. The molecular formula is C25H26N8OS. The van der Waals surface area contributed by atoms with Gasteiger partial charge in [-0.25, -0.2) is 15.0 Å². The highest BCUT2D eigenvalue weighted by Gasteiger charge is 2.23. The predicted molar refractivity (Wildman–Crippen MR) is 139 cm³/mol. The lowest BCUT2D eigenvalue weighted by atomic mass is 10.0. The van der Waals surface area contributed by atoms with E-state index in [9.17, 15) is 4.79 Å². The summed E-state index contributed by atoms with van der Waals surface area (Å²) in [6.07, 6.45) is 3.43. The molecule has 5 aromatic rings. The largest absolute Gasteiger partial charge is 0.353 e. The number of H-pyrrole nitrogens is 1. The van der Waals surface area contributed by atoms with Crippen molar-refractivity contribution in [1.82, 2.24) is 34.6 Å². The van der Waals surface area contributed by atoms with Crippen molar-refractivity contribution in [1.29, 1.82) is 0 Å². The van der Waals surface area contributed by atoms with Gasteiger partial charge in [-0.05, 0) is 19.4 Å². The number of nitrogens with one attached hydrogen (secondary N) is 1. The van der Waals surface area contributed by atoms with Crippen LogP contribution in [0.3, 0.4) is 0 Å². The average molecular weight is 487 g/mol. The van der Waals surface area contributed by atoms with E-state index in [-0.39, 0.29) is 5.56 Å². The highest BCUT2D eigenvalue weighted by molar-refractivity contribution is 7.19. The lowest BCUT2D eigenvalue weighted by molar-refractivity contribution is 0.244. The fourth-order valence-corrected chi connectivity index (χ4v) is 5.90. The van der Waals surface area contributed by atoms with Gasteiger partial charge in [-0.1, -0.05) is 29.8 Å². The van der Waals surface area contributed by atoms with Crippen LogP contribution in [-0.4, -0.2) is 60.8 Å². The molecule has 6 rings (SSSR count). The Balaban J connectivity index is 1.21. The number of hydrogen-bond donors (Lipinski definition) is 1. The number of anilines is 1. The lowest BCUT2D eigenvalue weighted by Gasteiger charge is -2.35. The molecule has 0 atom stereocenters. The first-order chi connectivity index (χ1) is 17.0. The van der Waals surface area contributed by atoms with Gasteiger partial charge in [0, 0.05) is 43.7 Å². The van der Waals surface area contributed by atoms with Gasteiger partial charge in [0.05, 0.1) is 23.5 Å². The third-order valence-corrected chi connectivity index (χ3v) is 7.68. The number of benzene rings is 1. The summed E-state index contributed by atoms with van der Waals surface area (Å²) in [5.41, 5.74) is 4.02. The third kappa shape index (κ3) is 3.88. The Hall–Kier alpha value is -3.63. The van der Waals surface area contributed by atoms with Crippen molar-refractivity contribution in [3.63, 3.8) is 0 Å². The van der Waals surface area contributed by atoms with Crippen molar-refractivity contribution in [3.05, 3.63) is 63.4 Å². The lowest BCUT2D eigenvalue weighted by Crippen LogP contribution is -2.46. The third-order valence-electron chi connectivity index (χ3n) is 6.68. The number of fused-ring (bicyclic) bond motifs is 2. The molecule has 1 aromatic carbocycles. The monoisotopic (exact) mass is 486 g/mol. The molecule has 178 valence electrons. The summed E-state index contributed by atoms with van der Waals surface area (Å²) < 4.78 is 1.77. The van der Waals surface area contributed by atoms with E-state index in [1.54, 1.807) is 22.3 Å². The van der Waals surface area contributed by atoms with Crippen LogP contribution in [-0.2, 0) is 13.6 Å². The number of aromatic amines is 1. The molecule has 1 aliphatic rings. The highest BCUT2D eigenvalue weighted by atomic mass is 32.1. The molecule has 35 heavy (non-hydrogen) atoms. The van der Waals surface area contributed by atoms with Crippen LogP contribution in [0.5, 0.6) is 0 Å². The quantitative estimate of drug-likeness (QED) is 0.417. The van der Waals surface area contributed by atoms with E-state index in [0.717, 1.165) is 63.9 Å². The van der Waals surface area contributed by atoms with Gasteiger partial charge in [-0.2, -0.15) is 5.10 Å². The molecular weight excluding hydrogens is 460 g/mol. The highest BCUT2D eigenvalue weighted by Crippen LogP contribution is 2.35. The van der Waals surface area contributed by atoms with Crippen molar-refractivity contribution in [2.45, 2.75) is 20.4 Å². The Morgan fingerprint density at radius 3 is 2.60 bits per heavy atom. The zero-order chi connectivity index (χ0) is 24.1. The smallest absolute Gasteiger partial charge is 0.260 e. The Bertz CT molecular complexity index is 1590. The van der Waals surface area contributed by atoms with E-state index in [2.05, 4.69) is 68.0 Å². The van der Waals surface area contributed by atoms with Gasteiger partial charge in [-0.15, -0.1) is 11.3 Å². The van der Waals surface area contributed by atoms with Crippen LogP contribution in [0.4, 0.5) is 5.82 Å². The number of nitrogens with zero attached hydrogens (tertiary/aromatic N) is 7. The first kappa shape index (κ1) is 21.9. The number of aromatic nitrogens is 6. The second-order valence-corrected chi connectivity index (χ2v) is 10.3. The number of thiophene rings is 1. The molecule has 0 saturated carbocycles. The molecule has 10 heteroatoms. The van der Waals surface area contributed by atoms with E-state index < -0.39 is 0 Å². The van der Waals surface area contributed by atoms with Gasteiger partial charge in [0.15, 0.2) is 5.65 Å². The van der Waals surface area contributed by atoms with Gasteiger partial charge in [0.25, 0.3) is 5.56 Å². The number of hydrogen-bond acceptors (Lipinski definition) is 8. The molecule has 0 radical (unpaired) electrons. The summed E-state index contributed by atoms with van der Waals surface area (Å²) in [6, 6.07) is 8.31. The Labute approximate surface area is 206 Å². The molecule has 1 aliphatic heterocycles. The summed E-state index contributed by atoms with van der Waals surface area (Å²) >= 11 is 1.59.